The standard InChI is InChI=1S/3C21H25NO8S/c3*1-27-15-10-19(29-3)16(20(11-15)30-4)7-8-31(25,26)13-14-5-6-18(28-2)17(9-14)22-12-21(23)24/h3*5-11,22H,12-13H2,1-4H3,(H,23,24)/b3*8-7+. The molecule has 0 unspecified atom stereocenters. The highest BCUT2D eigenvalue weighted by Gasteiger charge is 2.20. The number of aliphatic carboxylic acids is 3. The van der Waals surface area contributed by atoms with Crippen LogP contribution in [0.1, 0.15) is 33.4 Å². The molecule has 0 amide bonds. The van der Waals surface area contributed by atoms with E-state index in [1.165, 1.54) is 104 Å². The number of carboxylic acid groups (broad SMARTS) is 3. The fourth-order valence-corrected chi connectivity index (χ4v) is 11.7. The Morgan fingerprint density at radius 2 is 0.527 bits per heavy atom. The average Bonchev–Trinajstić information content (AvgIpc) is 1.08. The first-order chi connectivity index (χ1) is 44.2. The lowest BCUT2D eigenvalue weighted by Crippen LogP contribution is -2.13. The Hall–Kier alpha value is -10.2. The summed E-state index contributed by atoms with van der Waals surface area (Å²) in [6.07, 6.45) is 4.21. The molecule has 0 aliphatic heterocycles. The number of hydrogen-bond donors (Lipinski definition) is 6. The molecule has 0 heterocycles. The molecule has 0 aliphatic rings. The van der Waals surface area contributed by atoms with Crippen LogP contribution in [-0.2, 0) is 61.2 Å². The molecule has 0 saturated heterocycles. The van der Waals surface area contributed by atoms with E-state index in [9.17, 15) is 39.6 Å². The lowest BCUT2D eigenvalue weighted by atomic mass is 10.1. The third-order valence-electron chi connectivity index (χ3n) is 12.8. The number of sulfone groups is 3. The molecule has 0 radical (unpaired) electrons. The number of nitrogens with one attached hydrogen (secondary N) is 3. The van der Waals surface area contributed by atoms with Gasteiger partial charge in [0.1, 0.15) is 88.6 Å². The molecule has 6 rings (SSSR count). The maximum absolute atomic E-state index is 12.7. The Morgan fingerprint density at radius 1 is 0.323 bits per heavy atom. The van der Waals surface area contributed by atoms with E-state index in [1.54, 1.807) is 91.0 Å². The first-order valence-corrected chi connectivity index (χ1v) is 32.3. The van der Waals surface area contributed by atoms with Gasteiger partial charge in [0.25, 0.3) is 0 Å². The minimum absolute atomic E-state index is 0.296. The van der Waals surface area contributed by atoms with Crippen LogP contribution in [0.4, 0.5) is 17.1 Å². The highest BCUT2D eigenvalue weighted by Crippen LogP contribution is 2.39. The molecule has 0 aliphatic carbocycles. The number of ether oxygens (including phenoxy) is 12. The molecule has 0 atom stereocenters. The number of benzene rings is 6. The van der Waals surface area contributed by atoms with Crippen LogP contribution in [0.3, 0.4) is 0 Å². The van der Waals surface area contributed by atoms with Crippen LogP contribution >= 0.6 is 0 Å². The van der Waals surface area contributed by atoms with Crippen LogP contribution in [0.2, 0.25) is 0 Å². The molecule has 0 bridgehead atoms. The van der Waals surface area contributed by atoms with Gasteiger partial charge in [-0.25, -0.2) is 25.3 Å². The zero-order valence-corrected chi connectivity index (χ0v) is 55.5. The topological polar surface area (TPSA) is 361 Å². The predicted molar refractivity (Wildman–Crippen MR) is 351 cm³/mol. The molecule has 0 saturated carbocycles. The van der Waals surface area contributed by atoms with E-state index < -0.39 is 47.4 Å². The number of methoxy groups -OCH3 is 12. The van der Waals surface area contributed by atoms with Gasteiger partial charge >= 0.3 is 17.9 Å². The molecule has 0 spiro atoms. The number of hydrogen-bond acceptors (Lipinski definition) is 24. The maximum atomic E-state index is 12.7. The maximum Gasteiger partial charge on any atom is 0.322 e. The summed E-state index contributed by atoms with van der Waals surface area (Å²) < 4.78 is 139. The lowest BCUT2D eigenvalue weighted by Gasteiger charge is -2.13. The molecule has 0 fully saturated rings. The van der Waals surface area contributed by atoms with E-state index >= 15 is 0 Å². The second-order valence-corrected chi connectivity index (χ2v) is 24.7. The molecule has 504 valence electrons. The van der Waals surface area contributed by atoms with Crippen molar-refractivity contribution in [1.82, 2.24) is 0 Å². The molecule has 30 heteroatoms. The zero-order chi connectivity index (χ0) is 69.1. The Bertz CT molecular complexity index is 3520. The van der Waals surface area contributed by atoms with Crippen molar-refractivity contribution in [3.8, 4) is 69.0 Å². The van der Waals surface area contributed by atoms with Crippen LogP contribution in [0, 0.1) is 0 Å². The summed E-state index contributed by atoms with van der Waals surface area (Å²) in [5, 5.41) is 37.9. The minimum atomic E-state index is -3.67. The van der Waals surface area contributed by atoms with Gasteiger partial charge in [0.15, 0.2) is 29.5 Å². The Balaban J connectivity index is 0.000000297. The first kappa shape index (κ1) is 75.3. The van der Waals surface area contributed by atoms with E-state index in [2.05, 4.69) is 16.0 Å². The average molecular weight is 1350 g/mol. The molecular formula is C63H75N3O24S3. The quantitative estimate of drug-likeness (QED) is 0.0225. The summed E-state index contributed by atoms with van der Waals surface area (Å²) in [5.74, 6) is 1.08. The largest absolute Gasteiger partial charge is 0.496 e. The van der Waals surface area contributed by atoms with Crippen LogP contribution in [-0.4, -0.2) is 163 Å². The molecule has 0 aromatic heterocycles. The molecule has 27 nitrogen and oxygen atoms in total. The van der Waals surface area contributed by atoms with Crippen molar-refractivity contribution < 1.29 is 112 Å². The van der Waals surface area contributed by atoms with Gasteiger partial charge < -0.3 is 88.1 Å². The fraction of sp³-hybridized carbons (Fsp3) is 0.286. The van der Waals surface area contributed by atoms with Crippen molar-refractivity contribution in [2.24, 2.45) is 0 Å². The van der Waals surface area contributed by atoms with Gasteiger partial charge in [-0.05, 0) is 71.3 Å². The third kappa shape index (κ3) is 23.5. The zero-order valence-electron chi connectivity index (χ0n) is 53.0. The normalized spacial score (nSPS) is 11.2. The van der Waals surface area contributed by atoms with E-state index in [0.29, 0.717) is 119 Å². The van der Waals surface area contributed by atoms with Crippen LogP contribution in [0.5, 0.6) is 69.0 Å². The van der Waals surface area contributed by atoms with Crippen LogP contribution < -0.4 is 72.8 Å². The summed E-state index contributed by atoms with van der Waals surface area (Å²) in [6, 6.07) is 23.9. The Labute approximate surface area is 539 Å². The van der Waals surface area contributed by atoms with E-state index in [1.807, 2.05) is 0 Å². The molecular weight excluding hydrogens is 1280 g/mol. The SMILES string of the molecule is COc1cc(OC)c(/C=C/S(=O)(=O)Cc2ccc(OC)c(NCC(=O)O)c2)c(OC)c1.COc1cc(OC)c(/C=C/S(=O)(=O)Cc2ccc(OC)c(NCC(=O)O)c2)c(OC)c1.COc1cc(OC)c(/C=C/S(=O)(=O)Cc2ccc(OC)c(NCC(=O)O)c2)c(OC)c1. The summed E-state index contributed by atoms with van der Waals surface area (Å²) in [4.78, 5) is 32.4. The van der Waals surface area contributed by atoms with Crippen molar-refractivity contribution in [3.63, 3.8) is 0 Å². The van der Waals surface area contributed by atoms with Gasteiger partial charge in [0, 0.05) is 52.6 Å². The van der Waals surface area contributed by atoms with E-state index in [-0.39, 0.29) is 36.9 Å². The summed E-state index contributed by atoms with van der Waals surface area (Å²) in [5.41, 5.74) is 3.92. The number of rotatable bonds is 33. The van der Waals surface area contributed by atoms with Gasteiger partial charge in [-0.15, -0.1) is 0 Å². The Morgan fingerprint density at radius 3 is 0.699 bits per heavy atom. The Kier molecular flexibility index (Phi) is 29.1. The lowest BCUT2D eigenvalue weighted by molar-refractivity contribution is -0.135. The van der Waals surface area contributed by atoms with Gasteiger partial charge in [-0.2, -0.15) is 0 Å². The van der Waals surface area contributed by atoms with Crippen LogP contribution in [0.25, 0.3) is 18.2 Å². The first-order valence-electron chi connectivity index (χ1n) is 27.2. The number of anilines is 3. The third-order valence-corrected chi connectivity index (χ3v) is 16.6. The molecule has 6 N–H and O–H groups in total. The van der Waals surface area contributed by atoms with Crippen molar-refractivity contribution in [2.45, 2.75) is 17.3 Å². The second kappa shape index (κ2) is 36.0. The minimum Gasteiger partial charge on any atom is -0.496 e. The van der Waals surface area contributed by atoms with Gasteiger partial charge in [0.05, 0.1) is 136 Å². The van der Waals surface area contributed by atoms with Crippen LogP contribution in [0.15, 0.2) is 107 Å². The predicted octanol–water partition coefficient (Wildman–Crippen LogP) is 8.41. The van der Waals surface area contributed by atoms with Crippen molar-refractivity contribution in [2.75, 3.05) is 121 Å². The van der Waals surface area contributed by atoms with Gasteiger partial charge in [0.2, 0.25) is 0 Å². The smallest absolute Gasteiger partial charge is 0.322 e. The molecule has 6 aromatic carbocycles. The monoisotopic (exact) mass is 1350 g/mol. The summed E-state index contributed by atoms with van der Waals surface area (Å²) >= 11 is 0. The number of carbonyl (C=O) groups is 3. The summed E-state index contributed by atoms with van der Waals surface area (Å²) in [6.45, 7) is -0.990. The second-order valence-electron chi connectivity index (χ2n) is 19.0. The van der Waals surface area contributed by atoms with Crippen molar-refractivity contribution in [1.29, 1.82) is 0 Å². The van der Waals surface area contributed by atoms with Crippen molar-refractivity contribution in [3.05, 3.63) is 141 Å². The molecule has 93 heavy (non-hydrogen) atoms. The van der Waals surface area contributed by atoms with E-state index in [4.69, 9.17) is 72.2 Å². The fourth-order valence-electron chi connectivity index (χ4n) is 8.41. The van der Waals surface area contributed by atoms with Gasteiger partial charge in [-0.3, -0.25) is 14.4 Å². The summed E-state index contributed by atoms with van der Waals surface area (Å²) in [7, 11) is 6.58. The van der Waals surface area contributed by atoms with E-state index in [0.717, 1.165) is 16.2 Å². The number of carboxylic acids is 3. The highest BCUT2D eigenvalue weighted by atomic mass is 32.2. The molecule has 6 aromatic rings. The highest BCUT2D eigenvalue weighted by molar-refractivity contribution is 7.94. The van der Waals surface area contributed by atoms with Gasteiger partial charge in [-0.1, -0.05) is 18.2 Å². The van der Waals surface area contributed by atoms with Crippen molar-refractivity contribution >= 4 is 82.7 Å².